The standard InChI is InChI=1S/C21H21N3OS/c1-15-9-8-10-16(2)19(15)24-20(25)17-11-4-5-12-18(17)23-21(24)26-14-7-3-6-13-22/h4-5,8-12H,3,6-7,14H2,1-2H3. The van der Waals surface area contributed by atoms with Crippen LogP contribution >= 0.6 is 11.8 Å². The molecule has 26 heavy (non-hydrogen) atoms. The fourth-order valence-electron chi connectivity index (χ4n) is 3.03. The lowest BCUT2D eigenvalue weighted by atomic mass is 10.1. The minimum atomic E-state index is -0.0347. The van der Waals surface area contributed by atoms with Crippen LogP contribution in [0.2, 0.25) is 0 Å². The van der Waals surface area contributed by atoms with Crippen molar-refractivity contribution >= 4 is 22.7 Å². The number of nitrogens with zero attached hydrogens (tertiary/aromatic N) is 3. The van der Waals surface area contributed by atoms with E-state index in [0.717, 1.165) is 40.9 Å². The molecule has 0 bridgehead atoms. The number of para-hydroxylation sites is 2. The van der Waals surface area contributed by atoms with Crippen molar-refractivity contribution in [2.45, 2.75) is 38.3 Å². The Morgan fingerprint density at radius 3 is 2.54 bits per heavy atom. The van der Waals surface area contributed by atoms with E-state index in [1.807, 2.05) is 56.3 Å². The molecule has 2 aromatic carbocycles. The van der Waals surface area contributed by atoms with E-state index in [4.69, 9.17) is 10.2 Å². The van der Waals surface area contributed by atoms with Crippen LogP contribution in [0.15, 0.2) is 52.4 Å². The molecular weight excluding hydrogens is 342 g/mol. The van der Waals surface area contributed by atoms with Gasteiger partial charge in [-0.1, -0.05) is 42.1 Å². The average molecular weight is 363 g/mol. The Morgan fingerprint density at radius 1 is 1.08 bits per heavy atom. The Bertz CT molecular complexity index is 1010. The third-order valence-corrected chi connectivity index (χ3v) is 5.35. The first-order valence-electron chi connectivity index (χ1n) is 8.71. The van der Waals surface area contributed by atoms with Crippen LogP contribution in [0.3, 0.4) is 0 Å². The molecule has 4 nitrogen and oxygen atoms in total. The topological polar surface area (TPSA) is 58.7 Å². The highest BCUT2D eigenvalue weighted by atomic mass is 32.2. The van der Waals surface area contributed by atoms with E-state index in [9.17, 15) is 4.79 Å². The van der Waals surface area contributed by atoms with Gasteiger partial charge in [-0.25, -0.2) is 4.98 Å². The second-order valence-electron chi connectivity index (χ2n) is 6.26. The zero-order chi connectivity index (χ0) is 18.5. The Balaban J connectivity index is 2.13. The maximum Gasteiger partial charge on any atom is 0.266 e. The van der Waals surface area contributed by atoms with Crippen LogP contribution in [-0.4, -0.2) is 15.3 Å². The molecule has 3 rings (SSSR count). The van der Waals surface area contributed by atoms with Crippen molar-refractivity contribution in [3.05, 3.63) is 63.9 Å². The van der Waals surface area contributed by atoms with Gasteiger partial charge < -0.3 is 0 Å². The maximum absolute atomic E-state index is 13.3. The summed E-state index contributed by atoms with van der Waals surface area (Å²) in [5.74, 6) is 0.831. The van der Waals surface area contributed by atoms with Crippen LogP contribution in [0, 0.1) is 25.2 Å². The highest BCUT2D eigenvalue weighted by molar-refractivity contribution is 7.99. The van der Waals surface area contributed by atoms with Crippen molar-refractivity contribution < 1.29 is 0 Å². The van der Waals surface area contributed by atoms with Crippen LogP contribution in [0.5, 0.6) is 0 Å². The van der Waals surface area contributed by atoms with Crippen molar-refractivity contribution in [1.82, 2.24) is 9.55 Å². The third kappa shape index (κ3) is 3.66. The lowest BCUT2D eigenvalue weighted by Gasteiger charge is -2.17. The van der Waals surface area contributed by atoms with E-state index in [2.05, 4.69) is 6.07 Å². The minimum Gasteiger partial charge on any atom is -0.268 e. The summed E-state index contributed by atoms with van der Waals surface area (Å²) in [7, 11) is 0. The van der Waals surface area contributed by atoms with Gasteiger partial charge in [0.15, 0.2) is 5.16 Å². The van der Waals surface area contributed by atoms with Gasteiger partial charge in [-0.05, 0) is 49.9 Å². The molecule has 0 atom stereocenters. The van der Waals surface area contributed by atoms with E-state index in [1.54, 1.807) is 16.3 Å². The fraction of sp³-hybridized carbons (Fsp3) is 0.286. The molecule has 0 aliphatic carbocycles. The van der Waals surface area contributed by atoms with Crippen LogP contribution in [0.25, 0.3) is 16.6 Å². The normalized spacial score (nSPS) is 10.8. The quantitative estimate of drug-likeness (QED) is 0.359. The van der Waals surface area contributed by atoms with Crippen LogP contribution in [0.4, 0.5) is 0 Å². The highest BCUT2D eigenvalue weighted by Gasteiger charge is 2.16. The SMILES string of the molecule is Cc1cccc(C)c1-n1c(SCCCCC#N)nc2ccccc2c1=O. The lowest BCUT2D eigenvalue weighted by Crippen LogP contribution is -2.23. The Kier molecular flexibility index (Phi) is 5.75. The first kappa shape index (κ1) is 18.2. The molecule has 0 aliphatic heterocycles. The molecule has 1 aromatic heterocycles. The molecular formula is C21H21N3OS. The average Bonchev–Trinajstić information content (AvgIpc) is 2.63. The zero-order valence-corrected chi connectivity index (χ0v) is 15.8. The molecule has 0 spiro atoms. The van der Waals surface area contributed by atoms with Crippen molar-refractivity contribution in [3.8, 4) is 11.8 Å². The molecule has 0 saturated heterocycles. The summed E-state index contributed by atoms with van der Waals surface area (Å²) in [4.78, 5) is 18.0. The number of fused-ring (bicyclic) bond motifs is 1. The molecule has 1 heterocycles. The summed E-state index contributed by atoms with van der Waals surface area (Å²) < 4.78 is 1.75. The molecule has 5 heteroatoms. The summed E-state index contributed by atoms with van der Waals surface area (Å²) >= 11 is 1.58. The van der Waals surface area contributed by atoms with E-state index < -0.39 is 0 Å². The fourth-order valence-corrected chi connectivity index (χ4v) is 4.03. The van der Waals surface area contributed by atoms with E-state index in [1.165, 1.54) is 0 Å². The number of aromatic nitrogens is 2. The first-order chi connectivity index (χ1) is 12.6. The van der Waals surface area contributed by atoms with Crippen molar-refractivity contribution in [1.29, 1.82) is 5.26 Å². The summed E-state index contributed by atoms with van der Waals surface area (Å²) in [6.07, 6.45) is 2.35. The number of unbranched alkanes of at least 4 members (excludes halogenated alkanes) is 2. The monoisotopic (exact) mass is 363 g/mol. The van der Waals surface area contributed by atoms with Gasteiger partial charge in [0.1, 0.15) is 0 Å². The molecule has 132 valence electrons. The Hall–Kier alpha value is -2.58. The van der Waals surface area contributed by atoms with E-state index >= 15 is 0 Å². The van der Waals surface area contributed by atoms with E-state index in [0.29, 0.717) is 17.0 Å². The Labute approximate surface area is 157 Å². The minimum absolute atomic E-state index is 0.0347. The van der Waals surface area contributed by atoms with Gasteiger partial charge in [0.2, 0.25) is 0 Å². The van der Waals surface area contributed by atoms with Gasteiger partial charge in [0, 0.05) is 12.2 Å². The van der Waals surface area contributed by atoms with Gasteiger partial charge in [0.05, 0.1) is 22.7 Å². The number of thioether (sulfide) groups is 1. The summed E-state index contributed by atoms with van der Waals surface area (Å²) in [5, 5.41) is 10.0. The predicted molar refractivity (Wildman–Crippen MR) is 107 cm³/mol. The maximum atomic E-state index is 13.3. The first-order valence-corrected chi connectivity index (χ1v) is 9.70. The molecule has 0 unspecified atom stereocenters. The number of aryl methyl sites for hydroxylation is 2. The van der Waals surface area contributed by atoms with Crippen LogP contribution in [-0.2, 0) is 0 Å². The second kappa shape index (κ2) is 8.20. The van der Waals surface area contributed by atoms with Crippen LogP contribution in [0.1, 0.15) is 30.4 Å². The zero-order valence-electron chi connectivity index (χ0n) is 15.0. The van der Waals surface area contributed by atoms with Crippen molar-refractivity contribution in [2.24, 2.45) is 0 Å². The molecule has 0 saturated carbocycles. The Morgan fingerprint density at radius 2 is 1.81 bits per heavy atom. The van der Waals surface area contributed by atoms with Crippen molar-refractivity contribution in [3.63, 3.8) is 0 Å². The van der Waals surface area contributed by atoms with Crippen molar-refractivity contribution in [2.75, 3.05) is 5.75 Å². The van der Waals surface area contributed by atoms with Gasteiger partial charge in [-0.15, -0.1) is 0 Å². The summed E-state index contributed by atoms with van der Waals surface area (Å²) in [5.41, 5.74) is 3.70. The predicted octanol–water partition coefficient (Wildman–Crippen LogP) is 4.79. The molecule has 3 aromatic rings. The second-order valence-corrected chi connectivity index (χ2v) is 7.32. The largest absolute Gasteiger partial charge is 0.268 e. The van der Waals surface area contributed by atoms with Gasteiger partial charge in [-0.3, -0.25) is 9.36 Å². The smallest absolute Gasteiger partial charge is 0.266 e. The third-order valence-electron chi connectivity index (χ3n) is 4.32. The highest BCUT2D eigenvalue weighted by Crippen LogP contribution is 2.26. The lowest BCUT2D eigenvalue weighted by molar-refractivity contribution is 0.797. The number of rotatable bonds is 6. The molecule has 0 aliphatic rings. The molecule has 0 N–H and O–H groups in total. The molecule has 0 radical (unpaired) electrons. The van der Waals surface area contributed by atoms with Crippen LogP contribution < -0.4 is 5.56 Å². The summed E-state index contributed by atoms with van der Waals surface area (Å²) in [6, 6.07) is 15.7. The molecule has 0 amide bonds. The summed E-state index contributed by atoms with van der Waals surface area (Å²) in [6.45, 7) is 4.04. The van der Waals surface area contributed by atoms with Gasteiger partial charge in [-0.2, -0.15) is 5.26 Å². The molecule has 0 fully saturated rings. The number of nitriles is 1. The number of hydrogen-bond acceptors (Lipinski definition) is 4. The van der Waals surface area contributed by atoms with Gasteiger partial charge >= 0.3 is 0 Å². The van der Waals surface area contributed by atoms with E-state index in [-0.39, 0.29) is 5.56 Å². The number of benzene rings is 2. The number of hydrogen-bond donors (Lipinski definition) is 0. The van der Waals surface area contributed by atoms with Gasteiger partial charge in [0.25, 0.3) is 5.56 Å².